The lowest BCUT2D eigenvalue weighted by Crippen LogP contribution is -1.99. The molecule has 11 heavy (non-hydrogen) atoms. The summed E-state index contributed by atoms with van der Waals surface area (Å²) in [5, 5.41) is 10.4. The van der Waals surface area contributed by atoms with Gasteiger partial charge < -0.3 is 10.1 Å². The van der Waals surface area contributed by atoms with Gasteiger partial charge in [-0.25, -0.2) is 4.57 Å². The maximum absolute atomic E-state index is 10.4. The maximum atomic E-state index is 10.4. The van der Waals surface area contributed by atoms with Crippen molar-refractivity contribution in [3.63, 3.8) is 0 Å². The molecule has 7 heteroatoms. The van der Waals surface area contributed by atoms with Crippen molar-refractivity contribution in [1.29, 1.82) is 0 Å². The van der Waals surface area contributed by atoms with E-state index in [1.54, 1.807) is 7.05 Å². The Morgan fingerprint density at radius 3 is 2.36 bits per heavy atom. The first-order valence-electron chi connectivity index (χ1n) is 2.56. The molecule has 0 amide bonds. The predicted octanol–water partition coefficient (Wildman–Crippen LogP) is 1.54. The van der Waals surface area contributed by atoms with Crippen LogP contribution in [-0.4, -0.2) is 14.5 Å². The van der Waals surface area contributed by atoms with Crippen LogP contribution in [0.15, 0.2) is 0 Å². The van der Waals surface area contributed by atoms with Crippen LogP contribution in [0.4, 0.5) is 5.82 Å². The van der Waals surface area contributed by atoms with E-state index < -0.39 is 4.92 Å². The van der Waals surface area contributed by atoms with Gasteiger partial charge in [-0.15, -0.1) is 0 Å². The van der Waals surface area contributed by atoms with E-state index in [1.165, 1.54) is 4.57 Å². The van der Waals surface area contributed by atoms with E-state index >= 15 is 0 Å². The van der Waals surface area contributed by atoms with Crippen molar-refractivity contribution >= 4 is 51.0 Å². The quantitative estimate of drug-likeness (QED) is 0.423. The van der Waals surface area contributed by atoms with Crippen molar-refractivity contribution in [3.8, 4) is 0 Å². The second-order valence-electron chi connectivity index (χ2n) is 1.81. The molecule has 0 aliphatic carbocycles. The van der Waals surface area contributed by atoms with E-state index in [-0.39, 0.29) is 5.82 Å². The fraction of sp³-hybridized carbons (Fsp3) is 0.250. The smallest absolute Gasteiger partial charge is 0.357 e. The van der Waals surface area contributed by atoms with E-state index in [0.29, 0.717) is 7.53 Å². The number of hydrogen-bond donors (Lipinski definition) is 0. The summed E-state index contributed by atoms with van der Waals surface area (Å²) in [6.45, 7) is 0. The van der Waals surface area contributed by atoms with Gasteiger partial charge in [0.1, 0.15) is 0 Å². The highest BCUT2D eigenvalue weighted by Crippen LogP contribution is 2.21. The number of hydrogen-bond acceptors (Lipinski definition) is 3. The summed E-state index contributed by atoms with van der Waals surface area (Å²) >= 11 is 3.79. The van der Waals surface area contributed by atoms with Gasteiger partial charge >= 0.3 is 5.82 Å². The molecule has 1 aromatic heterocycles. The third-order valence-electron chi connectivity index (χ3n) is 1.14. The number of aromatic nitrogens is 2. The summed E-state index contributed by atoms with van der Waals surface area (Å²) in [5.41, 5.74) is 0. The predicted molar refractivity (Wildman–Crippen MR) is 55.3 cm³/mol. The van der Waals surface area contributed by atoms with Crippen LogP contribution in [0.3, 0.4) is 0 Å². The van der Waals surface area contributed by atoms with Gasteiger partial charge in [0.05, 0.1) is 7.05 Å². The lowest BCUT2D eigenvalue weighted by molar-refractivity contribution is -0.392. The third kappa shape index (κ3) is 1.63. The SMILES string of the molecule is Cn1c(I)nc(I)c1[N+](=O)[O-]. The maximum Gasteiger partial charge on any atom is 0.357 e. The van der Waals surface area contributed by atoms with Crippen molar-refractivity contribution in [3.05, 3.63) is 17.6 Å². The Bertz CT molecular complexity index is 309. The Morgan fingerprint density at radius 2 is 2.18 bits per heavy atom. The molecular formula is C4H3I2N3O2. The van der Waals surface area contributed by atoms with Gasteiger partial charge in [0.2, 0.25) is 0 Å². The Labute approximate surface area is 89.6 Å². The van der Waals surface area contributed by atoms with Crippen molar-refractivity contribution in [1.82, 2.24) is 9.55 Å². The Balaban J connectivity index is 3.34. The van der Waals surface area contributed by atoms with Crippen molar-refractivity contribution < 1.29 is 4.92 Å². The second-order valence-corrected chi connectivity index (χ2v) is 3.80. The van der Waals surface area contributed by atoms with Crippen LogP contribution in [0.1, 0.15) is 0 Å². The lowest BCUT2D eigenvalue weighted by Gasteiger charge is -1.92. The molecule has 0 atom stereocenters. The van der Waals surface area contributed by atoms with E-state index in [2.05, 4.69) is 4.98 Å². The summed E-state index contributed by atoms with van der Waals surface area (Å²) in [7, 11) is 1.62. The molecule has 1 aromatic rings. The molecule has 5 nitrogen and oxygen atoms in total. The Hall–Kier alpha value is 0.0700. The van der Waals surface area contributed by atoms with Crippen molar-refractivity contribution in [2.75, 3.05) is 0 Å². The molecule has 0 saturated carbocycles. The lowest BCUT2D eigenvalue weighted by atomic mass is 10.8. The van der Waals surface area contributed by atoms with Gasteiger partial charge in [-0.2, -0.15) is 4.98 Å². The van der Waals surface area contributed by atoms with Crippen molar-refractivity contribution in [2.24, 2.45) is 7.05 Å². The number of nitro groups is 1. The molecule has 0 fully saturated rings. The molecule has 1 heterocycles. The summed E-state index contributed by atoms with van der Waals surface area (Å²) < 4.78 is 2.50. The molecule has 0 unspecified atom stereocenters. The Kier molecular flexibility index (Phi) is 2.67. The number of nitrogens with zero attached hydrogens (tertiary/aromatic N) is 3. The fourth-order valence-electron chi connectivity index (χ4n) is 0.630. The van der Waals surface area contributed by atoms with Crippen LogP contribution in [0.25, 0.3) is 0 Å². The summed E-state index contributed by atoms with van der Waals surface area (Å²) in [6.07, 6.45) is 0. The van der Waals surface area contributed by atoms with Crippen LogP contribution in [0, 0.1) is 17.6 Å². The molecule has 0 spiro atoms. The molecule has 0 aromatic carbocycles. The molecule has 0 N–H and O–H groups in total. The molecule has 60 valence electrons. The van der Waals surface area contributed by atoms with Gasteiger partial charge in [-0.3, -0.25) is 0 Å². The summed E-state index contributed by atoms with van der Waals surface area (Å²) in [5.74, 6) is 0.0509. The average molecular weight is 379 g/mol. The minimum atomic E-state index is -0.434. The molecule has 0 bridgehead atoms. The van der Waals surface area contributed by atoms with Crippen LogP contribution in [0.5, 0.6) is 0 Å². The van der Waals surface area contributed by atoms with E-state index in [9.17, 15) is 10.1 Å². The van der Waals surface area contributed by atoms with Gasteiger partial charge in [-0.1, -0.05) is 0 Å². The fourth-order valence-corrected chi connectivity index (χ4v) is 2.35. The first kappa shape index (κ1) is 9.16. The number of imidazole rings is 1. The summed E-state index contributed by atoms with van der Waals surface area (Å²) in [6, 6.07) is 0. The minimum absolute atomic E-state index is 0.0509. The van der Waals surface area contributed by atoms with Crippen LogP contribution < -0.4 is 0 Å². The highest BCUT2D eigenvalue weighted by Gasteiger charge is 2.20. The van der Waals surface area contributed by atoms with Crippen LogP contribution >= 0.6 is 45.2 Å². The second kappa shape index (κ2) is 3.21. The van der Waals surface area contributed by atoms with Gasteiger partial charge in [0.25, 0.3) is 3.83 Å². The molecule has 0 aliphatic heterocycles. The molecule has 1 rings (SSSR count). The zero-order chi connectivity index (χ0) is 8.59. The number of halogens is 2. The van der Waals surface area contributed by atoms with Gasteiger partial charge in [0.15, 0.2) is 3.70 Å². The van der Waals surface area contributed by atoms with Gasteiger partial charge in [0, 0.05) is 22.6 Å². The van der Waals surface area contributed by atoms with E-state index in [1.807, 2.05) is 45.2 Å². The highest BCUT2D eigenvalue weighted by molar-refractivity contribution is 14.1. The topological polar surface area (TPSA) is 61.0 Å². The largest absolute Gasteiger partial charge is 0.358 e. The average Bonchev–Trinajstić information content (AvgIpc) is 2.07. The zero-order valence-electron chi connectivity index (χ0n) is 5.41. The molecule has 0 radical (unpaired) electrons. The first-order valence-corrected chi connectivity index (χ1v) is 4.72. The monoisotopic (exact) mass is 379 g/mol. The van der Waals surface area contributed by atoms with E-state index in [4.69, 9.17) is 0 Å². The Morgan fingerprint density at radius 1 is 1.64 bits per heavy atom. The van der Waals surface area contributed by atoms with Gasteiger partial charge in [-0.05, 0) is 27.5 Å². The molecule has 0 aliphatic rings. The zero-order valence-corrected chi connectivity index (χ0v) is 9.73. The van der Waals surface area contributed by atoms with Crippen LogP contribution in [-0.2, 0) is 7.05 Å². The van der Waals surface area contributed by atoms with E-state index in [0.717, 1.165) is 0 Å². The normalized spacial score (nSPS) is 10.1. The third-order valence-corrected chi connectivity index (χ3v) is 2.83. The summed E-state index contributed by atoms with van der Waals surface area (Å²) in [4.78, 5) is 13.9. The molecular weight excluding hydrogens is 376 g/mol. The minimum Gasteiger partial charge on any atom is -0.358 e. The van der Waals surface area contributed by atoms with Crippen LogP contribution in [0.2, 0.25) is 0 Å². The standard InChI is InChI=1S/C4H3I2N3O2/c1-8-3(9(10)11)2(5)7-4(8)6/h1H3. The molecule has 0 saturated heterocycles. The first-order chi connectivity index (χ1) is 5.04. The highest BCUT2D eigenvalue weighted by atomic mass is 127. The number of rotatable bonds is 1. The van der Waals surface area contributed by atoms with Crippen molar-refractivity contribution in [2.45, 2.75) is 0 Å².